The van der Waals surface area contributed by atoms with Crippen LogP contribution < -0.4 is 5.56 Å². The molecule has 1 aromatic heterocycles. The zero-order chi connectivity index (χ0) is 13.9. The summed E-state index contributed by atoms with van der Waals surface area (Å²) in [5.74, 6) is 1.11. The molecule has 1 aromatic rings. The van der Waals surface area contributed by atoms with Gasteiger partial charge in [0.05, 0.1) is 11.7 Å². The maximum Gasteiger partial charge on any atom is 0.250 e. The number of aromatic nitrogens is 1. The Kier molecular flexibility index (Phi) is 4.10. The van der Waals surface area contributed by atoms with Gasteiger partial charge in [-0.05, 0) is 43.6 Å². The normalized spacial score (nSPS) is 24.8. The molecule has 0 amide bonds. The van der Waals surface area contributed by atoms with Crippen LogP contribution in [0.25, 0.3) is 0 Å². The summed E-state index contributed by atoms with van der Waals surface area (Å²) in [4.78, 5) is 18.4. The average molecular weight is 289 g/mol. The highest BCUT2D eigenvalue weighted by Crippen LogP contribution is 2.34. The third-order valence-electron chi connectivity index (χ3n) is 4.36. The molecule has 106 valence electrons. The molecule has 0 spiro atoms. The number of nitrogens with zero attached hydrogens (tertiary/aromatic N) is 3. The van der Waals surface area contributed by atoms with Crippen molar-refractivity contribution in [2.24, 2.45) is 10.9 Å². The minimum Gasteiger partial charge on any atom is -0.312 e. The first kappa shape index (κ1) is 13.7. The van der Waals surface area contributed by atoms with Gasteiger partial charge in [0, 0.05) is 37.3 Å². The van der Waals surface area contributed by atoms with E-state index in [1.54, 1.807) is 6.07 Å². The second-order valence-electron chi connectivity index (χ2n) is 5.78. The highest BCUT2D eigenvalue weighted by Gasteiger charge is 2.33. The lowest BCUT2D eigenvalue weighted by Crippen LogP contribution is -2.47. The summed E-state index contributed by atoms with van der Waals surface area (Å²) in [7, 11) is 0. The van der Waals surface area contributed by atoms with Crippen LogP contribution >= 0.6 is 12.2 Å². The van der Waals surface area contributed by atoms with E-state index in [0.717, 1.165) is 39.1 Å². The van der Waals surface area contributed by atoms with Crippen molar-refractivity contribution >= 4 is 17.4 Å². The summed E-state index contributed by atoms with van der Waals surface area (Å²) < 4.78 is 1.98. The molecule has 5 heteroatoms. The van der Waals surface area contributed by atoms with E-state index in [1.807, 2.05) is 10.6 Å². The quantitative estimate of drug-likeness (QED) is 0.481. The van der Waals surface area contributed by atoms with Crippen LogP contribution in [0.3, 0.4) is 0 Å². The maximum atomic E-state index is 11.9. The number of rotatable bonds is 4. The molecule has 0 unspecified atom stereocenters. The Morgan fingerprint density at radius 1 is 1.35 bits per heavy atom. The summed E-state index contributed by atoms with van der Waals surface area (Å²) in [6, 6.07) is 5.68. The number of pyridine rings is 1. The van der Waals surface area contributed by atoms with E-state index in [9.17, 15) is 4.79 Å². The predicted molar refractivity (Wildman–Crippen MR) is 82.5 cm³/mol. The molecule has 0 saturated carbocycles. The van der Waals surface area contributed by atoms with Gasteiger partial charge in [-0.3, -0.25) is 4.79 Å². The van der Waals surface area contributed by atoms with Crippen molar-refractivity contribution in [1.29, 1.82) is 0 Å². The van der Waals surface area contributed by atoms with E-state index in [1.165, 1.54) is 12.1 Å². The number of likely N-dealkylation sites (tertiary alicyclic amines) is 1. The van der Waals surface area contributed by atoms with E-state index in [0.29, 0.717) is 11.8 Å². The van der Waals surface area contributed by atoms with Crippen LogP contribution in [-0.4, -0.2) is 40.8 Å². The van der Waals surface area contributed by atoms with Gasteiger partial charge in [0.1, 0.15) is 0 Å². The lowest BCUT2D eigenvalue weighted by atomic mass is 9.83. The van der Waals surface area contributed by atoms with Crippen LogP contribution in [0.4, 0.5) is 0 Å². The molecule has 2 bridgehead atoms. The second-order valence-corrected chi connectivity index (χ2v) is 5.97. The molecule has 0 aliphatic carbocycles. The topological polar surface area (TPSA) is 37.6 Å². The minimum atomic E-state index is 0.154. The Labute approximate surface area is 124 Å². The van der Waals surface area contributed by atoms with Gasteiger partial charge in [-0.2, -0.15) is 0 Å². The zero-order valence-electron chi connectivity index (χ0n) is 11.5. The minimum absolute atomic E-state index is 0.154. The molecule has 4 nitrogen and oxygen atoms in total. The molecule has 0 N–H and O–H groups in total. The smallest absolute Gasteiger partial charge is 0.250 e. The fourth-order valence-corrected chi connectivity index (χ4v) is 3.69. The Morgan fingerprint density at radius 3 is 3.10 bits per heavy atom. The molecule has 2 aliphatic heterocycles. The van der Waals surface area contributed by atoms with Gasteiger partial charge in [0.15, 0.2) is 0 Å². The lowest BCUT2D eigenvalue weighted by Gasteiger charge is -2.42. The van der Waals surface area contributed by atoms with Crippen molar-refractivity contribution < 1.29 is 0 Å². The third-order valence-corrected chi connectivity index (χ3v) is 4.49. The van der Waals surface area contributed by atoms with Gasteiger partial charge in [0.25, 0.3) is 5.56 Å². The second kappa shape index (κ2) is 6.00. The Bertz CT molecular complexity index is 591. The van der Waals surface area contributed by atoms with Gasteiger partial charge in [-0.15, -0.1) is 0 Å². The van der Waals surface area contributed by atoms with Crippen molar-refractivity contribution in [2.45, 2.75) is 25.3 Å². The van der Waals surface area contributed by atoms with E-state index in [4.69, 9.17) is 0 Å². The molecule has 2 atom stereocenters. The van der Waals surface area contributed by atoms with Crippen LogP contribution in [0.2, 0.25) is 0 Å². The highest BCUT2D eigenvalue weighted by molar-refractivity contribution is 7.78. The van der Waals surface area contributed by atoms with Crippen molar-refractivity contribution in [1.82, 2.24) is 9.47 Å². The Morgan fingerprint density at radius 2 is 2.25 bits per heavy atom. The highest BCUT2D eigenvalue weighted by atomic mass is 32.1. The summed E-state index contributed by atoms with van der Waals surface area (Å²) in [5, 5.41) is 2.42. The number of piperidine rings is 1. The lowest BCUT2D eigenvalue weighted by molar-refractivity contribution is 0.120. The first-order valence-electron chi connectivity index (χ1n) is 7.23. The Hall–Kier alpha value is -1.29. The molecular formula is C15H19N3OS. The number of aliphatic imine (C=N–C) groups is 1. The van der Waals surface area contributed by atoms with Crippen LogP contribution in [0, 0.1) is 5.92 Å². The predicted octanol–water partition coefficient (Wildman–Crippen LogP) is 1.76. The monoisotopic (exact) mass is 289 g/mol. The largest absolute Gasteiger partial charge is 0.312 e. The van der Waals surface area contributed by atoms with Crippen molar-refractivity contribution in [3.05, 3.63) is 34.2 Å². The third kappa shape index (κ3) is 2.75. The summed E-state index contributed by atoms with van der Waals surface area (Å²) in [6.45, 7) is 4.86. The fraction of sp³-hybridized carbons (Fsp3) is 0.600. The van der Waals surface area contributed by atoms with Crippen LogP contribution in [0.1, 0.15) is 24.5 Å². The fourth-order valence-electron chi connectivity index (χ4n) is 3.60. The van der Waals surface area contributed by atoms with E-state index in [2.05, 4.69) is 33.3 Å². The van der Waals surface area contributed by atoms with Gasteiger partial charge in [-0.25, -0.2) is 4.99 Å². The number of fused-ring (bicyclic) bond motifs is 4. The van der Waals surface area contributed by atoms with E-state index >= 15 is 0 Å². The summed E-state index contributed by atoms with van der Waals surface area (Å²) >= 11 is 4.58. The number of hydrogen-bond acceptors (Lipinski definition) is 4. The molecule has 1 fully saturated rings. The standard InChI is InChI=1S/C15H19N3OS/c19-15-4-1-3-14-13-7-12(9-18(14)15)8-17(10-13)6-2-5-16-11-20/h1,3-4,12-13H,2,5-10H2/t12-,13+/m1/s1. The van der Waals surface area contributed by atoms with Crippen molar-refractivity contribution in [2.75, 3.05) is 26.2 Å². The van der Waals surface area contributed by atoms with E-state index in [-0.39, 0.29) is 5.56 Å². The van der Waals surface area contributed by atoms with Gasteiger partial charge >= 0.3 is 0 Å². The molecule has 0 radical (unpaired) electrons. The van der Waals surface area contributed by atoms with Crippen LogP contribution in [-0.2, 0) is 6.54 Å². The molecule has 3 rings (SSSR count). The first-order valence-corrected chi connectivity index (χ1v) is 7.64. The Balaban J connectivity index is 1.70. The number of isothiocyanates is 1. The molecule has 1 saturated heterocycles. The van der Waals surface area contributed by atoms with Crippen molar-refractivity contribution in [3.63, 3.8) is 0 Å². The van der Waals surface area contributed by atoms with Crippen LogP contribution in [0.15, 0.2) is 28.0 Å². The first-order chi connectivity index (χ1) is 9.78. The summed E-state index contributed by atoms with van der Waals surface area (Å²) in [6.07, 6.45) is 2.25. The van der Waals surface area contributed by atoms with Gasteiger partial charge in [-0.1, -0.05) is 6.07 Å². The molecule has 2 aliphatic rings. The number of hydrogen-bond donors (Lipinski definition) is 0. The van der Waals surface area contributed by atoms with Gasteiger partial charge < -0.3 is 9.47 Å². The zero-order valence-corrected chi connectivity index (χ0v) is 12.3. The van der Waals surface area contributed by atoms with E-state index < -0.39 is 0 Å². The van der Waals surface area contributed by atoms with Gasteiger partial charge in [0.2, 0.25) is 0 Å². The van der Waals surface area contributed by atoms with Crippen LogP contribution in [0.5, 0.6) is 0 Å². The molecule has 0 aromatic carbocycles. The molecule has 20 heavy (non-hydrogen) atoms. The van der Waals surface area contributed by atoms with Crippen molar-refractivity contribution in [3.8, 4) is 0 Å². The maximum absolute atomic E-state index is 11.9. The number of thiocarbonyl (C=S) groups is 1. The molecule has 3 heterocycles. The molecular weight excluding hydrogens is 270 g/mol. The summed E-state index contributed by atoms with van der Waals surface area (Å²) in [5.41, 5.74) is 1.37. The average Bonchev–Trinajstić information content (AvgIpc) is 2.45. The SMILES string of the molecule is O=c1cccc2n1C[C@@H]1C[C@H]2CN(CCCN=C=S)C1.